The summed E-state index contributed by atoms with van der Waals surface area (Å²) in [5.41, 5.74) is 1.17. The van der Waals surface area contributed by atoms with Gasteiger partial charge in [-0.05, 0) is 40.9 Å². The molecule has 0 radical (unpaired) electrons. The molecule has 0 aliphatic carbocycles. The van der Waals surface area contributed by atoms with Gasteiger partial charge in [0.05, 0.1) is 11.7 Å². The SMILES string of the molecule is C=CCC[C@@H](c1ccc(Br)cn1)N1CCNCC1. The van der Waals surface area contributed by atoms with E-state index in [1.54, 1.807) is 0 Å². The van der Waals surface area contributed by atoms with Gasteiger partial charge in [0, 0.05) is 36.8 Å². The van der Waals surface area contributed by atoms with Crippen LogP contribution in [0.3, 0.4) is 0 Å². The first-order valence-electron chi connectivity index (χ1n) is 6.48. The summed E-state index contributed by atoms with van der Waals surface area (Å²) >= 11 is 3.44. The fraction of sp³-hybridized carbons (Fsp3) is 0.500. The number of pyridine rings is 1. The highest BCUT2D eigenvalue weighted by Crippen LogP contribution is 2.25. The predicted octanol–water partition coefficient (Wildman–Crippen LogP) is 2.76. The molecule has 4 heteroatoms. The minimum Gasteiger partial charge on any atom is -0.314 e. The van der Waals surface area contributed by atoms with E-state index in [1.807, 2.05) is 12.3 Å². The predicted molar refractivity (Wildman–Crippen MR) is 78.6 cm³/mol. The zero-order chi connectivity index (χ0) is 12.8. The highest BCUT2D eigenvalue weighted by molar-refractivity contribution is 9.10. The fourth-order valence-electron chi connectivity index (χ4n) is 2.37. The number of halogens is 1. The van der Waals surface area contributed by atoms with Crippen LogP contribution in [0.4, 0.5) is 0 Å². The monoisotopic (exact) mass is 309 g/mol. The molecule has 2 heterocycles. The van der Waals surface area contributed by atoms with Crippen LogP contribution in [0.15, 0.2) is 35.5 Å². The number of nitrogens with zero attached hydrogens (tertiary/aromatic N) is 2. The highest BCUT2D eigenvalue weighted by Gasteiger charge is 2.22. The van der Waals surface area contributed by atoms with E-state index in [0.717, 1.165) is 43.5 Å². The van der Waals surface area contributed by atoms with E-state index >= 15 is 0 Å². The van der Waals surface area contributed by atoms with Gasteiger partial charge in [-0.15, -0.1) is 6.58 Å². The van der Waals surface area contributed by atoms with Crippen molar-refractivity contribution in [1.29, 1.82) is 0 Å². The molecule has 3 nitrogen and oxygen atoms in total. The lowest BCUT2D eigenvalue weighted by molar-refractivity contribution is 0.163. The maximum Gasteiger partial charge on any atom is 0.0576 e. The minimum absolute atomic E-state index is 0.415. The molecular formula is C14H20BrN3. The smallest absolute Gasteiger partial charge is 0.0576 e. The molecule has 1 fully saturated rings. The molecule has 0 saturated carbocycles. The van der Waals surface area contributed by atoms with E-state index in [4.69, 9.17) is 0 Å². The van der Waals surface area contributed by atoms with Crippen LogP contribution in [-0.2, 0) is 0 Å². The van der Waals surface area contributed by atoms with Crippen molar-refractivity contribution in [2.24, 2.45) is 0 Å². The quantitative estimate of drug-likeness (QED) is 0.848. The first-order valence-corrected chi connectivity index (χ1v) is 7.27. The topological polar surface area (TPSA) is 28.2 Å². The van der Waals surface area contributed by atoms with E-state index in [9.17, 15) is 0 Å². The normalized spacial score (nSPS) is 18.5. The third-order valence-corrected chi connectivity index (χ3v) is 3.80. The second-order valence-corrected chi connectivity index (χ2v) is 5.48. The van der Waals surface area contributed by atoms with Gasteiger partial charge in [0.25, 0.3) is 0 Å². The largest absolute Gasteiger partial charge is 0.314 e. The summed E-state index contributed by atoms with van der Waals surface area (Å²) in [5, 5.41) is 3.40. The van der Waals surface area contributed by atoms with Crippen molar-refractivity contribution >= 4 is 15.9 Å². The van der Waals surface area contributed by atoms with Gasteiger partial charge in [-0.2, -0.15) is 0 Å². The van der Waals surface area contributed by atoms with Crippen molar-refractivity contribution in [3.05, 3.63) is 41.2 Å². The molecule has 1 atom stereocenters. The standard InChI is InChI=1S/C14H20BrN3/c1-2-3-4-14(18-9-7-16-8-10-18)13-6-5-12(15)11-17-13/h2,5-6,11,14,16H,1,3-4,7-10H2/t14-/m0/s1. The van der Waals surface area contributed by atoms with E-state index < -0.39 is 0 Å². The molecule has 0 aromatic carbocycles. The molecule has 0 bridgehead atoms. The van der Waals surface area contributed by atoms with Crippen molar-refractivity contribution in [1.82, 2.24) is 15.2 Å². The van der Waals surface area contributed by atoms with E-state index in [-0.39, 0.29) is 0 Å². The van der Waals surface area contributed by atoms with Gasteiger partial charge >= 0.3 is 0 Å². The molecule has 2 rings (SSSR count). The van der Waals surface area contributed by atoms with Crippen molar-refractivity contribution in [2.45, 2.75) is 18.9 Å². The average Bonchev–Trinajstić information content (AvgIpc) is 2.42. The van der Waals surface area contributed by atoms with Crippen molar-refractivity contribution in [2.75, 3.05) is 26.2 Å². The first-order chi connectivity index (χ1) is 8.81. The van der Waals surface area contributed by atoms with E-state index in [0.29, 0.717) is 6.04 Å². The van der Waals surface area contributed by atoms with Gasteiger partial charge in [0.2, 0.25) is 0 Å². The van der Waals surface area contributed by atoms with Crippen LogP contribution in [-0.4, -0.2) is 36.1 Å². The maximum absolute atomic E-state index is 4.56. The Morgan fingerprint density at radius 2 is 2.22 bits per heavy atom. The molecule has 0 amide bonds. The molecule has 1 N–H and O–H groups in total. The van der Waals surface area contributed by atoms with E-state index in [1.165, 1.54) is 5.69 Å². The molecule has 98 valence electrons. The van der Waals surface area contributed by atoms with Crippen molar-refractivity contribution < 1.29 is 0 Å². The number of aromatic nitrogens is 1. The second kappa shape index (κ2) is 7.02. The Bertz CT molecular complexity index is 371. The highest BCUT2D eigenvalue weighted by atomic mass is 79.9. The Morgan fingerprint density at radius 1 is 1.44 bits per heavy atom. The number of piperazine rings is 1. The molecule has 1 aromatic rings. The molecule has 18 heavy (non-hydrogen) atoms. The van der Waals surface area contributed by atoms with Crippen LogP contribution in [0.5, 0.6) is 0 Å². The lowest BCUT2D eigenvalue weighted by Gasteiger charge is -2.34. The van der Waals surface area contributed by atoms with Crippen LogP contribution in [0.25, 0.3) is 0 Å². The van der Waals surface area contributed by atoms with Crippen LogP contribution < -0.4 is 5.32 Å². The van der Waals surface area contributed by atoms with Crippen LogP contribution in [0, 0.1) is 0 Å². The van der Waals surface area contributed by atoms with Crippen LogP contribution in [0.1, 0.15) is 24.6 Å². The van der Waals surface area contributed by atoms with Gasteiger partial charge < -0.3 is 5.32 Å². The molecule has 0 unspecified atom stereocenters. The molecular weight excluding hydrogens is 290 g/mol. The summed E-state index contributed by atoms with van der Waals surface area (Å²) in [4.78, 5) is 7.09. The first kappa shape index (κ1) is 13.7. The van der Waals surface area contributed by atoms with Gasteiger partial charge in [0.15, 0.2) is 0 Å². The third-order valence-electron chi connectivity index (χ3n) is 3.33. The van der Waals surface area contributed by atoms with Crippen molar-refractivity contribution in [3.8, 4) is 0 Å². The second-order valence-electron chi connectivity index (χ2n) is 4.57. The fourth-order valence-corrected chi connectivity index (χ4v) is 2.61. The lowest BCUT2D eigenvalue weighted by atomic mass is 10.0. The third kappa shape index (κ3) is 3.64. The zero-order valence-corrected chi connectivity index (χ0v) is 12.2. The Morgan fingerprint density at radius 3 is 2.83 bits per heavy atom. The van der Waals surface area contributed by atoms with Crippen molar-refractivity contribution in [3.63, 3.8) is 0 Å². The lowest BCUT2D eigenvalue weighted by Crippen LogP contribution is -2.45. The maximum atomic E-state index is 4.56. The number of hydrogen-bond acceptors (Lipinski definition) is 3. The summed E-state index contributed by atoms with van der Waals surface area (Å²) in [6.07, 6.45) is 6.01. The Balaban J connectivity index is 2.12. The molecule has 1 aromatic heterocycles. The zero-order valence-electron chi connectivity index (χ0n) is 10.6. The average molecular weight is 310 g/mol. The van der Waals surface area contributed by atoms with Crippen LogP contribution in [0.2, 0.25) is 0 Å². The number of rotatable bonds is 5. The summed E-state index contributed by atoms with van der Waals surface area (Å²) in [7, 11) is 0. The molecule has 1 saturated heterocycles. The number of allylic oxidation sites excluding steroid dienone is 1. The summed E-state index contributed by atoms with van der Waals surface area (Å²) in [6, 6.07) is 4.61. The Kier molecular flexibility index (Phi) is 5.35. The summed E-state index contributed by atoms with van der Waals surface area (Å²) in [5.74, 6) is 0. The van der Waals surface area contributed by atoms with E-state index in [2.05, 4.69) is 49.8 Å². The molecule has 0 spiro atoms. The molecule has 1 aliphatic rings. The summed E-state index contributed by atoms with van der Waals surface area (Å²) < 4.78 is 1.04. The van der Waals surface area contributed by atoms with Gasteiger partial charge in [-0.25, -0.2) is 0 Å². The summed E-state index contributed by atoms with van der Waals surface area (Å²) in [6.45, 7) is 8.16. The molecule has 1 aliphatic heterocycles. The van der Waals surface area contributed by atoms with Gasteiger partial charge in [-0.1, -0.05) is 6.08 Å². The number of hydrogen-bond donors (Lipinski definition) is 1. The van der Waals surface area contributed by atoms with Gasteiger partial charge in [0.1, 0.15) is 0 Å². The van der Waals surface area contributed by atoms with Gasteiger partial charge in [-0.3, -0.25) is 9.88 Å². The number of nitrogens with one attached hydrogen (secondary N) is 1. The Labute approximate surface area is 117 Å². The van der Waals surface area contributed by atoms with Crippen LogP contribution >= 0.6 is 15.9 Å². The Hall–Kier alpha value is -0.710. The minimum atomic E-state index is 0.415.